The van der Waals surface area contributed by atoms with Crippen molar-refractivity contribution in [3.05, 3.63) is 95.1 Å². The van der Waals surface area contributed by atoms with Crippen molar-refractivity contribution in [2.45, 2.75) is 19.5 Å². The summed E-state index contributed by atoms with van der Waals surface area (Å²) in [6, 6.07) is 17.7. The van der Waals surface area contributed by atoms with Gasteiger partial charge in [0.2, 0.25) is 11.8 Å². The summed E-state index contributed by atoms with van der Waals surface area (Å²) >= 11 is 0. The lowest BCUT2D eigenvalue weighted by Crippen LogP contribution is -2.41. The number of amides is 2. The first-order valence-corrected chi connectivity index (χ1v) is 11.1. The number of benzene rings is 3. The second-order valence-electron chi connectivity index (χ2n) is 8.76. The number of hydrogen-bond donors (Lipinski definition) is 2. The van der Waals surface area contributed by atoms with E-state index in [4.69, 9.17) is 0 Å². The molecule has 34 heavy (non-hydrogen) atoms. The highest BCUT2D eigenvalue weighted by Gasteiger charge is 2.46. The van der Waals surface area contributed by atoms with Crippen LogP contribution in [0.1, 0.15) is 22.7 Å². The Hall–Kier alpha value is -3.78. The Labute approximate surface area is 196 Å². The van der Waals surface area contributed by atoms with Crippen LogP contribution in [0.25, 0.3) is 0 Å². The van der Waals surface area contributed by atoms with Gasteiger partial charge in [-0.25, -0.2) is 14.2 Å². The van der Waals surface area contributed by atoms with E-state index < -0.39 is 17.8 Å². The third-order valence-corrected chi connectivity index (χ3v) is 6.29. The van der Waals surface area contributed by atoms with Gasteiger partial charge in [0.1, 0.15) is 18.2 Å². The Morgan fingerprint density at radius 3 is 2.47 bits per heavy atom. The number of hydrazine groups is 1. The first kappa shape index (κ1) is 22.0. The van der Waals surface area contributed by atoms with E-state index in [1.807, 2.05) is 24.0 Å². The normalized spacial score (nSPS) is 19.1. The summed E-state index contributed by atoms with van der Waals surface area (Å²) in [6.45, 7) is 2.63. The molecule has 0 aliphatic carbocycles. The van der Waals surface area contributed by atoms with Gasteiger partial charge in [-0.15, -0.1) is 0 Å². The summed E-state index contributed by atoms with van der Waals surface area (Å²) in [5.74, 6) is -1.75. The molecule has 3 aromatic rings. The molecule has 6 nitrogen and oxygen atoms in total. The molecule has 2 aliphatic rings. The SMILES string of the molecule is Cc1ccc(NC(=O)CN2NC3c4cc(F)ccc4N(Cc4ccc(F)cc4)CC3C2=O)cc1. The van der Waals surface area contributed by atoms with Crippen molar-refractivity contribution < 1.29 is 18.4 Å². The van der Waals surface area contributed by atoms with Crippen LogP contribution in [0.2, 0.25) is 0 Å². The minimum atomic E-state index is -0.484. The van der Waals surface area contributed by atoms with Gasteiger partial charge in [0.05, 0.1) is 12.0 Å². The molecule has 2 amide bonds. The molecular formula is C26H24F2N4O2. The Bertz CT molecular complexity index is 1230. The molecule has 8 heteroatoms. The molecule has 5 rings (SSSR count). The third-order valence-electron chi connectivity index (χ3n) is 6.29. The smallest absolute Gasteiger partial charge is 0.245 e. The van der Waals surface area contributed by atoms with E-state index in [2.05, 4.69) is 10.7 Å². The van der Waals surface area contributed by atoms with Crippen LogP contribution in [0, 0.1) is 24.5 Å². The van der Waals surface area contributed by atoms with Crippen LogP contribution in [-0.2, 0) is 16.1 Å². The average Bonchev–Trinajstić information content (AvgIpc) is 3.12. The topological polar surface area (TPSA) is 64.7 Å². The number of rotatable bonds is 5. The van der Waals surface area contributed by atoms with Gasteiger partial charge in [0.15, 0.2) is 0 Å². The number of anilines is 2. The van der Waals surface area contributed by atoms with Gasteiger partial charge in [-0.05, 0) is 60.5 Å². The first-order valence-electron chi connectivity index (χ1n) is 11.1. The van der Waals surface area contributed by atoms with Crippen LogP contribution in [0.5, 0.6) is 0 Å². The van der Waals surface area contributed by atoms with Crippen LogP contribution in [0.3, 0.4) is 0 Å². The van der Waals surface area contributed by atoms with Crippen molar-refractivity contribution >= 4 is 23.2 Å². The Kier molecular flexibility index (Phi) is 5.75. The van der Waals surface area contributed by atoms with Gasteiger partial charge in [0.25, 0.3) is 0 Å². The van der Waals surface area contributed by atoms with Gasteiger partial charge in [0, 0.05) is 24.5 Å². The van der Waals surface area contributed by atoms with Crippen LogP contribution in [0.15, 0.2) is 66.7 Å². The maximum atomic E-state index is 14.2. The van der Waals surface area contributed by atoms with Crippen LogP contribution < -0.4 is 15.6 Å². The number of fused-ring (bicyclic) bond motifs is 3. The van der Waals surface area contributed by atoms with Crippen molar-refractivity contribution in [2.24, 2.45) is 5.92 Å². The van der Waals surface area contributed by atoms with E-state index in [1.54, 1.807) is 30.3 Å². The molecule has 2 unspecified atom stereocenters. The minimum absolute atomic E-state index is 0.164. The summed E-state index contributed by atoms with van der Waals surface area (Å²) in [5, 5.41) is 4.11. The van der Waals surface area contributed by atoms with Crippen LogP contribution >= 0.6 is 0 Å². The number of nitrogens with one attached hydrogen (secondary N) is 2. The van der Waals surface area contributed by atoms with Crippen molar-refractivity contribution in [1.29, 1.82) is 0 Å². The van der Waals surface area contributed by atoms with Crippen molar-refractivity contribution in [3.8, 4) is 0 Å². The first-order chi connectivity index (χ1) is 16.4. The third kappa shape index (κ3) is 4.36. The number of nitrogens with zero attached hydrogens (tertiary/aromatic N) is 2. The lowest BCUT2D eigenvalue weighted by molar-refractivity contribution is -0.135. The van der Waals surface area contributed by atoms with E-state index in [0.29, 0.717) is 24.3 Å². The van der Waals surface area contributed by atoms with Gasteiger partial charge in [-0.2, -0.15) is 0 Å². The van der Waals surface area contributed by atoms with Gasteiger partial charge >= 0.3 is 0 Å². The van der Waals surface area contributed by atoms with E-state index in [9.17, 15) is 18.4 Å². The number of aryl methyl sites for hydroxylation is 1. The lowest BCUT2D eigenvalue weighted by Gasteiger charge is -2.36. The molecule has 0 bridgehead atoms. The van der Waals surface area contributed by atoms with Crippen molar-refractivity contribution in [1.82, 2.24) is 10.4 Å². The minimum Gasteiger partial charge on any atom is -0.366 e. The monoisotopic (exact) mass is 462 g/mol. The lowest BCUT2D eigenvalue weighted by atomic mass is 9.88. The molecule has 2 aliphatic heterocycles. The summed E-state index contributed by atoms with van der Waals surface area (Å²) in [4.78, 5) is 27.8. The van der Waals surface area contributed by atoms with E-state index in [1.165, 1.54) is 29.3 Å². The standard InChI is InChI=1S/C26H24F2N4O2/c1-16-2-9-20(10-3-16)29-24(33)15-32-26(34)22-14-31(13-17-4-6-18(27)7-5-17)23-11-8-19(28)12-21(23)25(22)30-32/h2-12,22,25,30H,13-15H2,1H3,(H,29,33). The molecule has 0 aromatic heterocycles. The molecule has 2 atom stereocenters. The molecule has 0 spiro atoms. The highest BCUT2D eigenvalue weighted by molar-refractivity contribution is 5.95. The summed E-state index contributed by atoms with van der Waals surface area (Å²) in [7, 11) is 0. The van der Waals surface area contributed by atoms with Gasteiger partial charge < -0.3 is 10.2 Å². The van der Waals surface area contributed by atoms with Crippen molar-refractivity contribution in [3.63, 3.8) is 0 Å². The molecule has 2 heterocycles. The number of carbonyl (C=O) groups is 2. The maximum absolute atomic E-state index is 14.2. The number of hydrogen-bond acceptors (Lipinski definition) is 4. The highest BCUT2D eigenvalue weighted by Crippen LogP contribution is 2.42. The Balaban J connectivity index is 1.35. The molecule has 0 radical (unpaired) electrons. The highest BCUT2D eigenvalue weighted by atomic mass is 19.1. The molecule has 174 valence electrons. The molecular weight excluding hydrogens is 438 g/mol. The zero-order valence-electron chi connectivity index (χ0n) is 18.6. The number of carbonyl (C=O) groups excluding carboxylic acids is 2. The second kappa shape index (κ2) is 8.87. The molecule has 2 N–H and O–H groups in total. The molecule has 1 fully saturated rings. The maximum Gasteiger partial charge on any atom is 0.245 e. The summed E-state index contributed by atoms with van der Waals surface area (Å²) < 4.78 is 27.5. The predicted octanol–water partition coefficient (Wildman–Crippen LogP) is 3.94. The summed E-state index contributed by atoms with van der Waals surface area (Å²) in [6.07, 6.45) is 0. The summed E-state index contributed by atoms with van der Waals surface area (Å²) in [5.41, 5.74) is 7.19. The molecule has 3 aromatic carbocycles. The Morgan fingerprint density at radius 2 is 1.74 bits per heavy atom. The fourth-order valence-electron chi connectivity index (χ4n) is 4.60. The zero-order chi connectivity index (χ0) is 23.8. The van der Waals surface area contributed by atoms with Crippen molar-refractivity contribution in [2.75, 3.05) is 23.3 Å². The van der Waals surface area contributed by atoms with Crippen LogP contribution in [0.4, 0.5) is 20.2 Å². The van der Waals surface area contributed by atoms with Crippen LogP contribution in [-0.4, -0.2) is 29.9 Å². The van der Waals surface area contributed by atoms with Gasteiger partial charge in [-0.3, -0.25) is 14.6 Å². The second-order valence-corrected chi connectivity index (χ2v) is 8.76. The molecule has 1 saturated heterocycles. The molecule has 0 saturated carbocycles. The van der Waals surface area contributed by atoms with E-state index in [-0.39, 0.29) is 24.2 Å². The van der Waals surface area contributed by atoms with Gasteiger partial charge in [-0.1, -0.05) is 29.8 Å². The zero-order valence-corrected chi connectivity index (χ0v) is 18.6. The average molecular weight is 463 g/mol. The fraction of sp³-hybridized carbons (Fsp3) is 0.231. The van der Waals surface area contributed by atoms with E-state index >= 15 is 0 Å². The largest absolute Gasteiger partial charge is 0.366 e. The fourth-order valence-corrected chi connectivity index (χ4v) is 4.60. The number of halogens is 2. The Morgan fingerprint density at radius 1 is 1.03 bits per heavy atom. The van der Waals surface area contributed by atoms with E-state index in [0.717, 1.165) is 16.8 Å². The quantitative estimate of drug-likeness (QED) is 0.603. The predicted molar refractivity (Wildman–Crippen MR) is 125 cm³/mol.